The molecule has 0 aliphatic carbocycles. The second kappa shape index (κ2) is 7.75. The van der Waals surface area contributed by atoms with Crippen LogP contribution in [-0.4, -0.2) is 33.7 Å². The summed E-state index contributed by atoms with van der Waals surface area (Å²) in [6.45, 7) is 2.27. The van der Waals surface area contributed by atoms with Crippen LogP contribution in [0.1, 0.15) is 34.6 Å². The van der Waals surface area contributed by atoms with E-state index in [0.717, 1.165) is 16.6 Å². The molecule has 8 heteroatoms. The zero-order chi connectivity index (χ0) is 20.4. The summed E-state index contributed by atoms with van der Waals surface area (Å²) < 4.78 is 0. The first kappa shape index (κ1) is 18.7. The molecule has 2 heterocycles. The van der Waals surface area contributed by atoms with Gasteiger partial charge in [-0.2, -0.15) is 0 Å². The van der Waals surface area contributed by atoms with Crippen molar-refractivity contribution in [1.82, 2.24) is 20.6 Å². The first-order valence-corrected chi connectivity index (χ1v) is 9.42. The van der Waals surface area contributed by atoms with Gasteiger partial charge in [-0.25, -0.2) is 4.98 Å². The average Bonchev–Trinajstić information content (AvgIpc) is 3.06. The molecule has 3 amide bonds. The summed E-state index contributed by atoms with van der Waals surface area (Å²) in [6.07, 6.45) is 0.310. The van der Waals surface area contributed by atoms with Crippen LogP contribution < -0.4 is 16.0 Å². The molecule has 0 spiro atoms. The molecule has 3 aromatic rings. The fourth-order valence-electron chi connectivity index (χ4n) is 3.32. The SMILES string of the molecule is Cc1ccc2nc(CNC(=O)CCC3NC(=O)c4ccccc4NC3=O)[nH]c2c1. The molecule has 8 nitrogen and oxygen atoms in total. The van der Waals surface area contributed by atoms with E-state index in [9.17, 15) is 14.4 Å². The van der Waals surface area contributed by atoms with Gasteiger partial charge in [0.05, 0.1) is 28.8 Å². The Morgan fingerprint density at radius 3 is 2.86 bits per heavy atom. The number of aromatic amines is 1. The Kier molecular flexibility index (Phi) is 4.99. The van der Waals surface area contributed by atoms with E-state index in [1.54, 1.807) is 24.3 Å². The molecule has 1 aliphatic rings. The number of anilines is 1. The topological polar surface area (TPSA) is 116 Å². The normalized spacial score (nSPS) is 16.0. The molecule has 0 saturated heterocycles. The van der Waals surface area contributed by atoms with Gasteiger partial charge in [0.15, 0.2) is 0 Å². The molecule has 1 aromatic heterocycles. The zero-order valence-electron chi connectivity index (χ0n) is 15.9. The number of hydrogen-bond acceptors (Lipinski definition) is 4. The molecule has 1 unspecified atom stereocenters. The predicted molar refractivity (Wildman–Crippen MR) is 108 cm³/mol. The molecule has 0 saturated carbocycles. The molecule has 4 rings (SSSR count). The monoisotopic (exact) mass is 391 g/mol. The largest absolute Gasteiger partial charge is 0.349 e. The molecule has 4 N–H and O–H groups in total. The van der Waals surface area contributed by atoms with E-state index in [2.05, 4.69) is 25.9 Å². The Morgan fingerprint density at radius 2 is 2.00 bits per heavy atom. The van der Waals surface area contributed by atoms with E-state index >= 15 is 0 Å². The number of H-pyrrole nitrogens is 1. The van der Waals surface area contributed by atoms with Gasteiger partial charge in [-0.05, 0) is 43.2 Å². The molecule has 29 heavy (non-hydrogen) atoms. The van der Waals surface area contributed by atoms with Gasteiger partial charge in [0.25, 0.3) is 5.91 Å². The van der Waals surface area contributed by atoms with Gasteiger partial charge in [0, 0.05) is 6.42 Å². The van der Waals surface area contributed by atoms with Crippen molar-refractivity contribution >= 4 is 34.4 Å². The maximum absolute atomic E-state index is 12.4. The van der Waals surface area contributed by atoms with E-state index in [-0.39, 0.29) is 37.1 Å². The second-order valence-corrected chi connectivity index (χ2v) is 7.08. The minimum Gasteiger partial charge on any atom is -0.349 e. The summed E-state index contributed by atoms with van der Waals surface area (Å²) in [6, 6.07) is 11.9. The number of para-hydroxylation sites is 1. The molecule has 1 aliphatic heterocycles. The number of fused-ring (bicyclic) bond motifs is 2. The van der Waals surface area contributed by atoms with Crippen molar-refractivity contribution in [3.8, 4) is 0 Å². The lowest BCUT2D eigenvalue weighted by Gasteiger charge is -2.14. The summed E-state index contributed by atoms with van der Waals surface area (Å²) in [5.74, 6) is -0.217. The van der Waals surface area contributed by atoms with Crippen molar-refractivity contribution in [3.63, 3.8) is 0 Å². The van der Waals surface area contributed by atoms with E-state index in [4.69, 9.17) is 0 Å². The highest BCUT2D eigenvalue weighted by molar-refractivity contribution is 6.09. The number of amides is 3. The van der Waals surface area contributed by atoms with Crippen LogP contribution in [0.4, 0.5) is 5.69 Å². The minimum atomic E-state index is -0.769. The van der Waals surface area contributed by atoms with Crippen LogP contribution in [0.15, 0.2) is 42.5 Å². The average molecular weight is 391 g/mol. The third kappa shape index (κ3) is 4.11. The van der Waals surface area contributed by atoms with Gasteiger partial charge in [0.1, 0.15) is 11.9 Å². The number of aromatic nitrogens is 2. The quantitative estimate of drug-likeness (QED) is 0.532. The minimum absolute atomic E-state index is 0.105. The van der Waals surface area contributed by atoms with Crippen LogP contribution in [0.25, 0.3) is 11.0 Å². The van der Waals surface area contributed by atoms with Gasteiger partial charge >= 0.3 is 0 Å². The Bertz CT molecular complexity index is 1100. The smallest absolute Gasteiger partial charge is 0.254 e. The number of aryl methyl sites for hydroxylation is 1. The van der Waals surface area contributed by atoms with Gasteiger partial charge in [0.2, 0.25) is 11.8 Å². The first-order valence-electron chi connectivity index (χ1n) is 9.42. The number of nitrogens with zero attached hydrogens (tertiary/aromatic N) is 1. The standard InChI is InChI=1S/C21H21N5O3/c1-12-6-7-15-17(10-12)24-18(23-15)11-22-19(27)9-8-16-21(29)25-14-5-3-2-4-13(14)20(28)26-16/h2-7,10,16H,8-9,11H2,1H3,(H,22,27)(H,23,24)(H,25,29)(H,26,28). The van der Waals surface area contributed by atoms with Gasteiger partial charge < -0.3 is 20.9 Å². The molecule has 148 valence electrons. The van der Waals surface area contributed by atoms with E-state index in [0.29, 0.717) is 17.1 Å². The summed E-state index contributed by atoms with van der Waals surface area (Å²) in [7, 11) is 0. The molecular formula is C21H21N5O3. The Balaban J connectivity index is 1.32. The van der Waals surface area contributed by atoms with E-state index in [1.807, 2.05) is 25.1 Å². The van der Waals surface area contributed by atoms with Crippen molar-refractivity contribution in [2.75, 3.05) is 5.32 Å². The molecular weight excluding hydrogens is 370 g/mol. The molecule has 0 radical (unpaired) electrons. The van der Waals surface area contributed by atoms with Gasteiger partial charge in [-0.1, -0.05) is 18.2 Å². The number of rotatable bonds is 5. The summed E-state index contributed by atoms with van der Waals surface area (Å²) in [5, 5.41) is 8.22. The highest BCUT2D eigenvalue weighted by Gasteiger charge is 2.27. The number of imidazole rings is 1. The van der Waals surface area contributed by atoms with Crippen LogP contribution in [0, 0.1) is 6.92 Å². The highest BCUT2D eigenvalue weighted by atomic mass is 16.2. The third-order valence-electron chi connectivity index (χ3n) is 4.85. The Hall–Kier alpha value is -3.68. The number of benzene rings is 2. The lowest BCUT2D eigenvalue weighted by molar-refractivity contribution is -0.122. The summed E-state index contributed by atoms with van der Waals surface area (Å²) in [4.78, 5) is 44.5. The van der Waals surface area contributed by atoms with Crippen molar-refractivity contribution in [2.24, 2.45) is 0 Å². The van der Waals surface area contributed by atoms with Crippen LogP contribution in [0.5, 0.6) is 0 Å². The van der Waals surface area contributed by atoms with Crippen LogP contribution >= 0.6 is 0 Å². The number of nitrogens with one attached hydrogen (secondary N) is 4. The van der Waals surface area contributed by atoms with Crippen LogP contribution in [0.3, 0.4) is 0 Å². The van der Waals surface area contributed by atoms with Crippen LogP contribution in [-0.2, 0) is 16.1 Å². The lowest BCUT2D eigenvalue weighted by Crippen LogP contribution is -2.42. The predicted octanol–water partition coefficient (Wildman–Crippen LogP) is 2.02. The van der Waals surface area contributed by atoms with Crippen molar-refractivity contribution in [2.45, 2.75) is 32.4 Å². The Labute approximate surface area is 167 Å². The van der Waals surface area contributed by atoms with Crippen molar-refractivity contribution < 1.29 is 14.4 Å². The zero-order valence-corrected chi connectivity index (χ0v) is 15.9. The molecule has 2 aromatic carbocycles. The van der Waals surface area contributed by atoms with Crippen molar-refractivity contribution in [3.05, 3.63) is 59.4 Å². The number of carbonyl (C=O) groups is 3. The second-order valence-electron chi connectivity index (χ2n) is 7.08. The third-order valence-corrected chi connectivity index (χ3v) is 4.85. The van der Waals surface area contributed by atoms with Gasteiger partial charge in [-0.15, -0.1) is 0 Å². The van der Waals surface area contributed by atoms with Gasteiger partial charge in [-0.3, -0.25) is 14.4 Å². The maximum atomic E-state index is 12.4. The highest BCUT2D eigenvalue weighted by Crippen LogP contribution is 2.19. The van der Waals surface area contributed by atoms with E-state index < -0.39 is 6.04 Å². The van der Waals surface area contributed by atoms with E-state index in [1.165, 1.54) is 0 Å². The first-order chi connectivity index (χ1) is 14.0. The molecule has 0 fully saturated rings. The fourth-order valence-corrected chi connectivity index (χ4v) is 3.32. The Morgan fingerprint density at radius 1 is 1.17 bits per heavy atom. The summed E-state index contributed by atoms with van der Waals surface area (Å²) >= 11 is 0. The molecule has 1 atom stereocenters. The lowest BCUT2D eigenvalue weighted by atomic mass is 10.1. The summed E-state index contributed by atoms with van der Waals surface area (Å²) in [5.41, 5.74) is 3.78. The maximum Gasteiger partial charge on any atom is 0.254 e. The number of hydrogen-bond donors (Lipinski definition) is 4. The van der Waals surface area contributed by atoms with Crippen LogP contribution in [0.2, 0.25) is 0 Å². The number of carbonyl (C=O) groups excluding carboxylic acids is 3. The fraction of sp³-hybridized carbons (Fsp3) is 0.238. The molecule has 0 bridgehead atoms. The van der Waals surface area contributed by atoms with Crippen molar-refractivity contribution in [1.29, 1.82) is 0 Å².